The highest BCUT2D eigenvalue weighted by Gasteiger charge is 2.21. The van der Waals surface area contributed by atoms with Crippen molar-refractivity contribution < 1.29 is 26.7 Å². The summed E-state index contributed by atoms with van der Waals surface area (Å²) in [5.74, 6) is -3.28. The zero-order chi connectivity index (χ0) is 18.2. The Bertz CT molecular complexity index is 1080. The van der Waals surface area contributed by atoms with E-state index in [1.54, 1.807) is 18.3 Å². The summed E-state index contributed by atoms with van der Waals surface area (Å²) >= 11 is 0. The summed E-state index contributed by atoms with van der Waals surface area (Å²) in [6.45, 7) is 0. The summed E-state index contributed by atoms with van der Waals surface area (Å²) in [6.07, 6.45) is 1.65. The lowest BCUT2D eigenvalue weighted by Gasteiger charge is -2.11. The van der Waals surface area contributed by atoms with Crippen molar-refractivity contribution in [3.05, 3.63) is 59.8 Å². The number of nitrogens with one attached hydrogen (secondary N) is 2. The highest BCUT2D eigenvalue weighted by atomic mass is 32.2. The van der Waals surface area contributed by atoms with Crippen molar-refractivity contribution in [1.29, 1.82) is 0 Å². The number of carbonyl (C=O) groups is 1. The van der Waals surface area contributed by atoms with Gasteiger partial charge in [0.15, 0.2) is 0 Å². The van der Waals surface area contributed by atoms with Crippen molar-refractivity contribution in [2.24, 2.45) is 0 Å². The van der Waals surface area contributed by atoms with Crippen LogP contribution in [0.4, 0.5) is 14.5 Å². The van der Waals surface area contributed by atoms with Gasteiger partial charge in [-0.15, -0.1) is 0 Å². The molecule has 0 atom stereocenters. The summed E-state index contributed by atoms with van der Waals surface area (Å²) in [6, 6.07) is 7.22. The van der Waals surface area contributed by atoms with Gasteiger partial charge in [0, 0.05) is 17.8 Å². The number of hydrogen-bond donors (Lipinski definition) is 2. The Morgan fingerprint density at radius 1 is 1.12 bits per heavy atom. The van der Waals surface area contributed by atoms with E-state index in [2.05, 4.69) is 9.72 Å². The number of hydrogen-bond acceptors (Lipinski definition) is 4. The van der Waals surface area contributed by atoms with Crippen LogP contribution in [-0.2, 0) is 14.8 Å². The first-order valence-electron chi connectivity index (χ1n) is 6.99. The normalized spacial score (nSPS) is 11.5. The number of methoxy groups -OCH3 is 1. The minimum atomic E-state index is -4.15. The smallest absolute Gasteiger partial charge is 0.340 e. The number of anilines is 1. The van der Waals surface area contributed by atoms with Gasteiger partial charge in [-0.25, -0.2) is 22.0 Å². The van der Waals surface area contributed by atoms with E-state index in [0.717, 1.165) is 12.5 Å². The fourth-order valence-electron chi connectivity index (χ4n) is 2.29. The van der Waals surface area contributed by atoms with Gasteiger partial charge in [0.2, 0.25) is 0 Å². The second-order valence-electron chi connectivity index (χ2n) is 5.14. The van der Waals surface area contributed by atoms with Gasteiger partial charge in [0.25, 0.3) is 10.0 Å². The van der Waals surface area contributed by atoms with Crippen LogP contribution < -0.4 is 4.72 Å². The lowest BCUT2D eigenvalue weighted by atomic mass is 10.2. The zero-order valence-electron chi connectivity index (χ0n) is 12.8. The first-order valence-corrected chi connectivity index (χ1v) is 8.47. The Hall–Kier alpha value is -2.94. The van der Waals surface area contributed by atoms with Crippen molar-refractivity contribution in [3.8, 4) is 0 Å². The van der Waals surface area contributed by atoms with Gasteiger partial charge in [-0.3, -0.25) is 4.72 Å². The van der Waals surface area contributed by atoms with E-state index >= 15 is 0 Å². The van der Waals surface area contributed by atoms with E-state index in [0.29, 0.717) is 17.6 Å². The highest BCUT2D eigenvalue weighted by molar-refractivity contribution is 7.92. The van der Waals surface area contributed by atoms with Crippen molar-refractivity contribution in [1.82, 2.24) is 4.98 Å². The van der Waals surface area contributed by atoms with E-state index < -0.39 is 38.9 Å². The number of fused-ring (bicyclic) bond motifs is 1. The van der Waals surface area contributed by atoms with Crippen molar-refractivity contribution in [3.63, 3.8) is 0 Å². The van der Waals surface area contributed by atoms with E-state index in [9.17, 15) is 22.0 Å². The summed E-state index contributed by atoms with van der Waals surface area (Å²) in [4.78, 5) is 14.1. The van der Waals surface area contributed by atoms with E-state index in [4.69, 9.17) is 0 Å². The largest absolute Gasteiger partial charge is 0.465 e. The first-order chi connectivity index (χ1) is 11.8. The molecule has 0 fully saturated rings. The molecule has 3 aromatic rings. The molecule has 0 aliphatic rings. The Morgan fingerprint density at radius 2 is 1.88 bits per heavy atom. The molecule has 1 aromatic heterocycles. The monoisotopic (exact) mass is 366 g/mol. The molecule has 0 saturated heterocycles. The maximum atomic E-state index is 14.1. The van der Waals surface area contributed by atoms with Gasteiger partial charge >= 0.3 is 5.97 Å². The Kier molecular flexibility index (Phi) is 4.17. The van der Waals surface area contributed by atoms with E-state index in [-0.39, 0.29) is 4.90 Å². The van der Waals surface area contributed by atoms with Gasteiger partial charge in [-0.2, -0.15) is 0 Å². The van der Waals surface area contributed by atoms with E-state index in [1.165, 1.54) is 12.1 Å². The molecule has 0 unspecified atom stereocenters. The number of aromatic amines is 1. The fraction of sp³-hybridized carbons (Fsp3) is 0.0625. The van der Waals surface area contributed by atoms with Crippen molar-refractivity contribution in [2.75, 3.05) is 11.8 Å². The van der Waals surface area contributed by atoms with E-state index in [1.807, 2.05) is 4.72 Å². The molecular weight excluding hydrogens is 354 g/mol. The summed E-state index contributed by atoms with van der Waals surface area (Å²) in [5, 5.41) is 0.804. The first kappa shape index (κ1) is 16.9. The zero-order valence-corrected chi connectivity index (χ0v) is 13.7. The quantitative estimate of drug-likeness (QED) is 0.695. The molecule has 25 heavy (non-hydrogen) atoms. The van der Waals surface area contributed by atoms with Crippen LogP contribution in [0.5, 0.6) is 0 Å². The SMILES string of the molecule is COC(=O)c1cc(F)c(NS(=O)(=O)c2ccc3cc[nH]c3c2)cc1F. The predicted octanol–water partition coefficient (Wildman–Crippen LogP) is 3.03. The average molecular weight is 366 g/mol. The number of rotatable bonds is 4. The highest BCUT2D eigenvalue weighted by Crippen LogP contribution is 2.24. The molecular formula is C16H12F2N2O4S. The number of halogens is 2. The molecule has 0 amide bonds. The Labute approximate surface area is 141 Å². The molecule has 0 aliphatic heterocycles. The van der Waals surface area contributed by atoms with Crippen LogP contribution in [0.3, 0.4) is 0 Å². The number of esters is 1. The van der Waals surface area contributed by atoms with Crippen molar-refractivity contribution >= 4 is 32.6 Å². The van der Waals surface area contributed by atoms with Crippen molar-refractivity contribution in [2.45, 2.75) is 4.90 Å². The molecule has 0 bridgehead atoms. The van der Waals surface area contributed by atoms with Crippen LogP contribution in [0.15, 0.2) is 47.5 Å². The molecule has 2 aromatic carbocycles. The van der Waals surface area contributed by atoms with Gasteiger partial charge in [-0.05, 0) is 29.7 Å². The Balaban J connectivity index is 1.97. The minimum absolute atomic E-state index is 0.126. The standard InChI is InChI=1S/C16H12F2N2O4S/c1-24-16(21)11-7-13(18)15(8-12(11)17)20-25(22,23)10-3-2-9-4-5-19-14(9)6-10/h2-8,19-20H,1H3. The van der Waals surface area contributed by atoms with Crippen LogP contribution in [0, 0.1) is 11.6 Å². The predicted molar refractivity (Wildman–Crippen MR) is 86.8 cm³/mol. The second-order valence-corrected chi connectivity index (χ2v) is 6.82. The lowest BCUT2D eigenvalue weighted by molar-refractivity contribution is 0.0595. The average Bonchev–Trinajstić information content (AvgIpc) is 3.04. The lowest BCUT2D eigenvalue weighted by Crippen LogP contribution is -2.15. The summed E-state index contributed by atoms with van der Waals surface area (Å²) < 4.78 is 59.1. The topological polar surface area (TPSA) is 88.3 Å². The summed E-state index contributed by atoms with van der Waals surface area (Å²) in [7, 11) is -3.13. The Morgan fingerprint density at radius 3 is 2.60 bits per heavy atom. The van der Waals surface area contributed by atoms with Crippen LogP contribution in [0.2, 0.25) is 0 Å². The third kappa shape index (κ3) is 3.18. The second kappa shape index (κ2) is 6.17. The summed E-state index contributed by atoms with van der Waals surface area (Å²) in [5.41, 5.74) is -0.664. The van der Waals surface area contributed by atoms with Crippen LogP contribution in [-0.4, -0.2) is 26.5 Å². The third-order valence-corrected chi connectivity index (χ3v) is 4.91. The molecule has 2 N–H and O–H groups in total. The molecule has 6 nitrogen and oxygen atoms in total. The van der Waals surface area contributed by atoms with Gasteiger partial charge < -0.3 is 9.72 Å². The number of H-pyrrole nitrogens is 1. The van der Waals surface area contributed by atoms with Gasteiger partial charge in [0.1, 0.15) is 11.6 Å². The number of sulfonamides is 1. The number of ether oxygens (including phenoxy) is 1. The maximum Gasteiger partial charge on any atom is 0.340 e. The minimum Gasteiger partial charge on any atom is -0.465 e. The van der Waals surface area contributed by atoms with Crippen LogP contribution in [0.1, 0.15) is 10.4 Å². The molecule has 0 saturated carbocycles. The maximum absolute atomic E-state index is 14.1. The van der Waals surface area contributed by atoms with Gasteiger partial charge in [-0.1, -0.05) is 6.07 Å². The molecule has 0 aliphatic carbocycles. The number of benzene rings is 2. The molecule has 9 heteroatoms. The molecule has 0 radical (unpaired) electrons. The van der Waals surface area contributed by atoms with Gasteiger partial charge in [0.05, 0.1) is 23.3 Å². The number of aromatic nitrogens is 1. The molecule has 1 heterocycles. The van der Waals surface area contributed by atoms with Crippen LogP contribution >= 0.6 is 0 Å². The fourth-order valence-corrected chi connectivity index (χ4v) is 3.37. The third-order valence-electron chi connectivity index (χ3n) is 3.54. The number of carbonyl (C=O) groups excluding carboxylic acids is 1. The molecule has 0 spiro atoms. The molecule has 3 rings (SSSR count). The van der Waals surface area contributed by atoms with Crippen LogP contribution in [0.25, 0.3) is 10.9 Å². The molecule has 130 valence electrons.